The van der Waals surface area contributed by atoms with Crippen molar-refractivity contribution in [2.24, 2.45) is 0 Å². The van der Waals surface area contributed by atoms with Gasteiger partial charge in [0.05, 0.1) is 18.4 Å². The molecule has 27 heavy (non-hydrogen) atoms. The molecule has 0 aromatic carbocycles. The number of aromatic nitrogens is 4. The molecule has 0 radical (unpaired) electrons. The zero-order valence-corrected chi connectivity index (χ0v) is 16.3. The quantitative estimate of drug-likeness (QED) is 0.811. The molecule has 2 aromatic rings. The zero-order valence-electron chi connectivity index (χ0n) is 15.5. The Bertz CT molecular complexity index is 812. The van der Waals surface area contributed by atoms with E-state index >= 15 is 0 Å². The Kier molecular flexibility index (Phi) is 6.03. The number of anilines is 1. The number of thioether (sulfide) groups is 1. The topological polar surface area (TPSA) is 75.9 Å². The van der Waals surface area contributed by atoms with Gasteiger partial charge in [-0.05, 0) is 30.7 Å². The summed E-state index contributed by atoms with van der Waals surface area (Å²) >= 11 is 1.88. The maximum absolute atomic E-state index is 12.4. The molecule has 1 unspecified atom stereocenters. The maximum Gasteiger partial charge on any atom is 0.267 e. The standard InChI is InChI=1S/C19H26N6OS/c26-19-11-15-14-27-10-4-17(15)23-25(19)9-8-24-7-2-1-3-16(24)12-22-18-13-20-5-6-21-18/h5-6,11,13,16H,1-4,7-10,12,14H2,(H,21,22). The highest BCUT2D eigenvalue weighted by Gasteiger charge is 2.22. The summed E-state index contributed by atoms with van der Waals surface area (Å²) < 4.78 is 1.66. The van der Waals surface area contributed by atoms with E-state index < -0.39 is 0 Å². The Morgan fingerprint density at radius 3 is 3.11 bits per heavy atom. The van der Waals surface area contributed by atoms with Crippen LogP contribution in [0.2, 0.25) is 0 Å². The van der Waals surface area contributed by atoms with E-state index in [0.717, 1.165) is 61.1 Å². The minimum absolute atomic E-state index is 0.0301. The molecule has 1 atom stereocenters. The van der Waals surface area contributed by atoms with Crippen LogP contribution >= 0.6 is 11.8 Å². The maximum atomic E-state index is 12.4. The van der Waals surface area contributed by atoms with Crippen LogP contribution < -0.4 is 10.9 Å². The molecule has 1 fully saturated rings. The van der Waals surface area contributed by atoms with Crippen LogP contribution in [0, 0.1) is 0 Å². The fourth-order valence-corrected chi connectivity index (χ4v) is 4.79. The van der Waals surface area contributed by atoms with Crippen molar-refractivity contribution in [2.75, 3.05) is 30.7 Å². The summed E-state index contributed by atoms with van der Waals surface area (Å²) in [4.78, 5) is 23.3. The fraction of sp³-hybridized carbons (Fsp3) is 0.579. The Morgan fingerprint density at radius 2 is 2.22 bits per heavy atom. The molecule has 4 heterocycles. The first kappa shape index (κ1) is 18.4. The van der Waals surface area contributed by atoms with Crippen molar-refractivity contribution in [3.63, 3.8) is 0 Å². The molecule has 1 saturated heterocycles. The average Bonchev–Trinajstić information content (AvgIpc) is 2.72. The van der Waals surface area contributed by atoms with Crippen LogP contribution in [0.1, 0.15) is 30.5 Å². The lowest BCUT2D eigenvalue weighted by atomic mass is 10.0. The van der Waals surface area contributed by atoms with Crippen LogP contribution in [-0.4, -0.2) is 56.1 Å². The summed E-state index contributed by atoms with van der Waals surface area (Å²) in [6.07, 6.45) is 9.73. The second kappa shape index (κ2) is 8.84. The van der Waals surface area contributed by atoms with Crippen molar-refractivity contribution in [3.8, 4) is 0 Å². The van der Waals surface area contributed by atoms with Gasteiger partial charge in [0.2, 0.25) is 0 Å². The Hall–Kier alpha value is -1.93. The van der Waals surface area contributed by atoms with Gasteiger partial charge in [-0.15, -0.1) is 0 Å². The SMILES string of the molecule is O=c1cc2c(nn1CCN1CCCCC1CNc1cnccn1)CCSC2. The van der Waals surface area contributed by atoms with Crippen LogP contribution in [0.4, 0.5) is 5.82 Å². The molecule has 0 amide bonds. The summed E-state index contributed by atoms with van der Waals surface area (Å²) in [5.41, 5.74) is 2.26. The van der Waals surface area contributed by atoms with E-state index in [1.165, 1.54) is 12.8 Å². The van der Waals surface area contributed by atoms with Crippen molar-refractivity contribution < 1.29 is 0 Å². The second-order valence-electron chi connectivity index (χ2n) is 7.14. The van der Waals surface area contributed by atoms with E-state index in [1.54, 1.807) is 29.3 Å². The summed E-state index contributed by atoms with van der Waals surface area (Å²) in [6, 6.07) is 2.24. The molecule has 0 bridgehead atoms. The minimum Gasteiger partial charge on any atom is -0.367 e. The van der Waals surface area contributed by atoms with Crippen molar-refractivity contribution >= 4 is 17.6 Å². The van der Waals surface area contributed by atoms with E-state index in [-0.39, 0.29) is 5.56 Å². The van der Waals surface area contributed by atoms with Crippen LogP contribution in [0.25, 0.3) is 0 Å². The van der Waals surface area contributed by atoms with Gasteiger partial charge in [-0.2, -0.15) is 16.9 Å². The molecule has 1 N–H and O–H groups in total. The largest absolute Gasteiger partial charge is 0.367 e. The third-order valence-electron chi connectivity index (χ3n) is 5.34. The lowest BCUT2D eigenvalue weighted by molar-refractivity contribution is 0.147. The highest BCUT2D eigenvalue weighted by molar-refractivity contribution is 7.98. The van der Waals surface area contributed by atoms with Gasteiger partial charge >= 0.3 is 0 Å². The molecular weight excluding hydrogens is 360 g/mol. The lowest BCUT2D eigenvalue weighted by Gasteiger charge is -2.36. The number of hydrogen-bond donors (Lipinski definition) is 1. The first-order valence-electron chi connectivity index (χ1n) is 9.71. The lowest BCUT2D eigenvalue weighted by Crippen LogP contribution is -2.45. The molecule has 4 rings (SSSR count). The Morgan fingerprint density at radius 1 is 1.26 bits per heavy atom. The number of likely N-dealkylation sites (tertiary alicyclic amines) is 1. The van der Waals surface area contributed by atoms with Gasteiger partial charge in [-0.1, -0.05) is 6.42 Å². The van der Waals surface area contributed by atoms with Gasteiger partial charge in [0.15, 0.2) is 0 Å². The van der Waals surface area contributed by atoms with Crippen LogP contribution in [0.3, 0.4) is 0 Å². The molecular formula is C19H26N6OS. The fourth-order valence-electron chi connectivity index (χ4n) is 3.83. The molecule has 0 aliphatic carbocycles. The number of hydrogen-bond acceptors (Lipinski definition) is 7. The van der Waals surface area contributed by atoms with E-state index in [1.807, 2.05) is 11.8 Å². The van der Waals surface area contributed by atoms with E-state index in [0.29, 0.717) is 12.6 Å². The number of aryl methyl sites for hydroxylation is 1. The summed E-state index contributed by atoms with van der Waals surface area (Å²) in [6.45, 7) is 3.43. The van der Waals surface area contributed by atoms with Gasteiger partial charge < -0.3 is 5.32 Å². The van der Waals surface area contributed by atoms with Gasteiger partial charge in [-0.25, -0.2) is 9.67 Å². The van der Waals surface area contributed by atoms with E-state index in [4.69, 9.17) is 0 Å². The third kappa shape index (κ3) is 4.68. The Labute approximate surface area is 163 Å². The predicted molar refractivity (Wildman–Crippen MR) is 108 cm³/mol. The number of piperidine rings is 1. The van der Waals surface area contributed by atoms with Gasteiger partial charge in [-0.3, -0.25) is 14.7 Å². The summed E-state index contributed by atoms with van der Waals surface area (Å²) in [5, 5.41) is 8.04. The molecule has 0 spiro atoms. The number of nitrogens with zero attached hydrogens (tertiary/aromatic N) is 5. The molecule has 7 nitrogen and oxygen atoms in total. The molecule has 144 valence electrons. The first-order chi connectivity index (χ1) is 13.3. The number of rotatable bonds is 6. The molecule has 0 saturated carbocycles. The highest BCUT2D eigenvalue weighted by Crippen LogP contribution is 2.21. The minimum atomic E-state index is 0.0301. The van der Waals surface area contributed by atoms with E-state index in [9.17, 15) is 4.79 Å². The van der Waals surface area contributed by atoms with E-state index in [2.05, 4.69) is 25.3 Å². The highest BCUT2D eigenvalue weighted by atomic mass is 32.2. The second-order valence-corrected chi connectivity index (χ2v) is 8.24. The van der Waals surface area contributed by atoms with Crippen LogP contribution in [-0.2, 0) is 18.7 Å². The van der Waals surface area contributed by atoms with Gasteiger partial charge in [0.25, 0.3) is 5.56 Å². The van der Waals surface area contributed by atoms with Crippen molar-refractivity contribution in [1.29, 1.82) is 0 Å². The average molecular weight is 387 g/mol. The number of nitrogens with one attached hydrogen (secondary N) is 1. The molecule has 8 heteroatoms. The normalized spacial score (nSPS) is 20.2. The van der Waals surface area contributed by atoms with Crippen molar-refractivity contribution in [3.05, 3.63) is 46.3 Å². The monoisotopic (exact) mass is 386 g/mol. The molecule has 2 aromatic heterocycles. The first-order valence-corrected chi connectivity index (χ1v) is 10.9. The Balaban J connectivity index is 1.38. The predicted octanol–water partition coefficient (Wildman–Crippen LogP) is 1.79. The summed E-state index contributed by atoms with van der Waals surface area (Å²) in [5.74, 6) is 2.83. The van der Waals surface area contributed by atoms with Gasteiger partial charge in [0.1, 0.15) is 5.82 Å². The third-order valence-corrected chi connectivity index (χ3v) is 6.34. The smallest absolute Gasteiger partial charge is 0.267 e. The van der Waals surface area contributed by atoms with Crippen molar-refractivity contribution in [2.45, 2.75) is 44.0 Å². The van der Waals surface area contributed by atoms with Crippen molar-refractivity contribution in [1.82, 2.24) is 24.6 Å². The number of fused-ring (bicyclic) bond motifs is 1. The van der Waals surface area contributed by atoms with Crippen LogP contribution in [0.15, 0.2) is 29.5 Å². The zero-order chi connectivity index (χ0) is 18.5. The summed E-state index contributed by atoms with van der Waals surface area (Å²) in [7, 11) is 0. The molecule has 2 aliphatic rings. The van der Waals surface area contributed by atoms with Crippen LogP contribution in [0.5, 0.6) is 0 Å². The van der Waals surface area contributed by atoms with Gasteiger partial charge in [0, 0.05) is 49.8 Å². The molecule has 2 aliphatic heterocycles.